The number of hydrogen-bond acceptors (Lipinski definition) is 2. The third-order valence-corrected chi connectivity index (χ3v) is 2.02. The molecule has 0 radical (unpaired) electrons. The summed E-state index contributed by atoms with van der Waals surface area (Å²) in [5.74, 6) is 0. The van der Waals surface area contributed by atoms with E-state index in [1.54, 1.807) is 18.3 Å². The molecule has 1 aromatic carbocycles. The van der Waals surface area contributed by atoms with Gasteiger partial charge >= 0.3 is 0 Å². The van der Waals surface area contributed by atoms with Crippen LogP contribution in [0.25, 0.3) is 10.8 Å². The summed E-state index contributed by atoms with van der Waals surface area (Å²) in [6.07, 6.45) is 1.60. The summed E-state index contributed by atoms with van der Waals surface area (Å²) < 4.78 is 0. The Bertz CT molecular complexity index is 487. The minimum atomic E-state index is -0.0954. The average molecular weight is 175 g/mol. The van der Waals surface area contributed by atoms with Crippen molar-refractivity contribution in [2.45, 2.75) is 6.61 Å². The van der Waals surface area contributed by atoms with Crippen molar-refractivity contribution in [3.63, 3.8) is 0 Å². The Hall–Kier alpha value is -1.61. The monoisotopic (exact) mass is 175 g/mol. The number of pyridine rings is 1. The van der Waals surface area contributed by atoms with Gasteiger partial charge in [-0.25, -0.2) is 0 Å². The maximum atomic E-state index is 11.3. The zero-order valence-electron chi connectivity index (χ0n) is 6.95. The fourth-order valence-electron chi connectivity index (χ4n) is 1.34. The Morgan fingerprint density at radius 3 is 2.92 bits per heavy atom. The number of fused-ring (bicyclic) bond motifs is 1. The fraction of sp³-hybridized carbons (Fsp3) is 0.100. The molecule has 3 heteroatoms. The second-order valence-electron chi connectivity index (χ2n) is 2.89. The van der Waals surface area contributed by atoms with Gasteiger partial charge in [0.2, 0.25) is 0 Å². The molecule has 0 bridgehead atoms. The molecule has 3 nitrogen and oxygen atoms in total. The quantitative estimate of drug-likeness (QED) is 0.679. The van der Waals surface area contributed by atoms with Crippen molar-refractivity contribution < 1.29 is 5.11 Å². The largest absolute Gasteiger partial charge is 0.392 e. The van der Waals surface area contributed by atoms with Crippen LogP contribution < -0.4 is 5.56 Å². The Balaban J connectivity index is 2.80. The van der Waals surface area contributed by atoms with Crippen LogP contribution in [0.4, 0.5) is 0 Å². The zero-order valence-corrected chi connectivity index (χ0v) is 6.95. The van der Waals surface area contributed by atoms with Gasteiger partial charge in [-0.1, -0.05) is 6.07 Å². The van der Waals surface area contributed by atoms with Crippen LogP contribution in [0.5, 0.6) is 0 Å². The van der Waals surface area contributed by atoms with Gasteiger partial charge in [0, 0.05) is 11.6 Å². The van der Waals surface area contributed by atoms with Crippen LogP contribution in [0.1, 0.15) is 5.56 Å². The number of aromatic amines is 1. The normalized spacial score (nSPS) is 10.5. The van der Waals surface area contributed by atoms with E-state index in [4.69, 9.17) is 5.11 Å². The molecule has 0 aliphatic rings. The molecule has 13 heavy (non-hydrogen) atoms. The molecule has 66 valence electrons. The van der Waals surface area contributed by atoms with Crippen molar-refractivity contribution in [3.8, 4) is 0 Å². The Morgan fingerprint density at radius 1 is 1.31 bits per heavy atom. The highest BCUT2D eigenvalue weighted by Gasteiger charge is 1.97. The summed E-state index contributed by atoms with van der Waals surface area (Å²) in [6.45, 7) is 0.00272. The number of H-pyrrole nitrogens is 1. The van der Waals surface area contributed by atoms with E-state index in [0.717, 1.165) is 10.9 Å². The molecule has 1 heterocycles. The van der Waals surface area contributed by atoms with E-state index in [0.29, 0.717) is 5.39 Å². The van der Waals surface area contributed by atoms with Gasteiger partial charge in [-0.3, -0.25) is 4.79 Å². The number of aliphatic hydroxyl groups is 1. The van der Waals surface area contributed by atoms with Crippen LogP contribution in [0.2, 0.25) is 0 Å². The van der Waals surface area contributed by atoms with Gasteiger partial charge in [0.05, 0.1) is 6.61 Å². The van der Waals surface area contributed by atoms with E-state index < -0.39 is 0 Å². The predicted molar refractivity (Wildman–Crippen MR) is 50.5 cm³/mol. The molecule has 0 fully saturated rings. The summed E-state index contributed by atoms with van der Waals surface area (Å²) >= 11 is 0. The van der Waals surface area contributed by atoms with E-state index >= 15 is 0 Å². The lowest BCUT2D eigenvalue weighted by molar-refractivity contribution is 0.282. The maximum absolute atomic E-state index is 11.3. The summed E-state index contributed by atoms with van der Waals surface area (Å²) in [4.78, 5) is 13.9. The predicted octanol–water partition coefficient (Wildman–Crippen LogP) is 1.02. The molecular weight excluding hydrogens is 166 g/mol. The van der Waals surface area contributed by atoms with Crippen molar-refractivity contribution in [2.24, 2.45) is 0 Å². The van der Waals surface area contributed by atoms with E-state index in [1.165, 1.54) is 0 Å². The number of rotatable bonds is 1. The third-order valence-electron chi connectivity index (χ3n) is 2.02. The Kier molecular flexibility index (Phi) is 1.87. The second-order valence-corrected chi connectivity index (χ2v) is 2.89. The number of hydrogen-bond donors (Lipinski definition) is 2. The van der Waals surface area contributed by atoms with Crippen LogP contribution in [-0.4, -0.2) is 10.1 Å². The molecule has 1 aromatic heterocycles. The first-order valence-corrected chi connectivity index (χ1v) is 4.02. The van der Waals surface area contributed by atoms with Crippen LogP contribution >= 0.6 is 0 Å². The second kappa shape index (κ2) is 3.03. The molecular formula is C10H9NO2. The van der Waals surface area contributed by atoms with Crippen molar-refractivity contribution >= 4 is 10.8 Å². The third kappa shape index (κ3) is 1.34. The maximum Gasteiger partial charge on any atom is 0.255 e. The van der Waals surface area contributed by atoms with Crippen LogP contribution in [-0.2, 0) is 6.61 Å². The zero-order chi connectivity index (χ0) is 9.26. The van der Waals surface area contributed by atoms with Crippen molar-refractivity contribution in [3.05, 3.63) is 46.4 Å². The topological polar surface area (TPSA) is 53.1 Å². The Labute approximate surface area is 74.7 Å². The first kappa shape index (κ1) is 8.01. The van der Waals surface area contributed by atoms with Crippen molar-refractivity contribution in [1.82, 2.24) is 4.98 Å². The molecule has 0 aliphatic heterocycles. The fourth-order valence-corrected chi connectivity index (χ4v) is 1.34. The lowest BCUT2D eigenvalue weighted by atomic mass is 10.1. The van der Waals surface area contributed by atoms with E-state index in [9.17, 15) is 4.79 Å². The van der Waals surface area contributed by atoms with Crippen molar-refractivity contribution in [2.75, 3.05) is 0 Å². The van der Waals surface area contributed by atoms with Gasteiger partial charge in [-0.05, 0) is 29.1 Å². The standard InChI is InChI=1S/C10H9NO2/c12-6-7-1-2-9-8(5-7)3-4-11-10(9)13/h1-5,12H,6H2,(H,11,13). The highest BCUT2D eigenvalue weighted by Crippen LogP contribution is 2.11. The molecule has 0 aliphatic carbocycles. The molecule has 0 unspecified atom stereocenters. The van der Waals surface area contributed by atoms with Crippen molar-refractivity contribution in [1.29, 1.82) is 0 Å². The molecule has 0 spiro atoms. The molecule has 0 saturated heterocycles. The summed E-state index contributed by atoms with van der Waals surface area (Å²) in [6, 6.07) is 7.10. The van der Waals surface area contributed by atoms with Gasteiger partial charge in [0.1, 0.15) is 0 Å². The highest BCUT2D eigenvalue weighted by atomic mass is 16.3. The van der Waals surface area contributed by atoms with Gasteiger partial charge in [-0.15, -0.1) is 0 Å². The molecule has 0 amide bonds. The van der Waals surface area contributed by atoms with Gasteiger partial charge in [-0.2, -0.15) is 0 Å². The summed E-state index contributed by atoms with van der Waals surface area (Å²) in [5, 5.41) is 10.4. The number of nitrogens with one attached hydrogen (secondary N) is 1. The number of aromatic nitrogens is 1. The smallest absolute Gasteiger partial charge is 0.255 e. The summed E-state index contributed by atoms with van der Waals surface area (Å²) in [5.41, 5.74) is 0.722. The average Bonchev–Trinajstić information content (AvgIpc) is 2.18. The molecule has 0 atom stereocenters. The minimum Gasteiger partial charge on any atom is -0.392 e. The van der Waals surface area contributed by atoms with E-state index in [2.05, 4.69) is 4.98 Å². The molecule has 0 saturated carbocycles. The van der Waals surface area contributed by atoms with E-state index in [1.807, 2.05) is 12.1 Å². The van der Waals surface area contributed by atoms with Gasteiger partial charge < -0.3 is 10.1 Å². The van der Waals surface area contributed by atoms with Crippen LogP contribution in [0.3, 0.4) is 0 Å². The SMILES string of the molecule is O=c1[nH]ccc2cc(CO)ccc12. The molecule has 2 aromatic rings. The summed E-state index contributed by atoms with van der Waals surface area (Å²) in [7, 11) is 0. The Morgan fingerprint density at radius 2 is 2.15 bits per heavy atom. The number of benzene rings is 1. The first-order valence-electron chi connectivity index (χ1n) is 4.02. The molecule has 2 rings (SSSR count). The lowest BCUT2D eigenvalue weighted by Gasteiger charge is -1.98. The first-order chi connectivity index (χ1) is 6.31. The van der Waals surface area contributed by atoms with E-state index in [-0.39, 0.29) is 12.2 Å². The number of aliphatic hydroxyl groups excluding tert-OH is 1. The lowest BCUT2D eigenvalue weighted by Crippen LogP contribution is -2.04. The minimum absolute atomic E-state index is 0.00272. The molecule has 2 N–H and O–H groups in total. The van der Waals surface area contributed by atoms with Crippen LogP contribution in [0, 0.1) is 0 Å². The van der Waals surface area contributed by atoms with Gasteiger partial charge in [0.25, 0.3) is 5.56 Å². The van der Waals surface area contributed by atoms with Crippen LogP contribution in [0.15, 0.2) is 35.3 Å². The highest BCUT2D eigenvalue weighted by molar-refractivity contribution is 5.81. The van der Waals surface area contributed by atoms with Gasteiger partial charge in [0.15, 0.2) is 0 Å².